The van der Waals surface area contributed by atoms with E-state index in [1.54, 1.807) is 29.8 Å². The highest BCUT2D eigenvalue weighted by Crippen LogP contribution is 2.27. The highest BCUT2D eigenvalue weighted by Gasteiger charge is 2.27. The number of benzene rings is 1. The number of nitrogens with zero attached hydrogens (tertiary/aromatic N) is 4. The zero-order chi connectivity index (χ0) is 30.2. The summed E-state index contributed by atoms with van der Waals surface area (Å²) in [5, 5.41) is 13.5. The molecule has 0 fully saturated rings. The van der Waals surface area contributed by atoms with Crippen molar-refractivity contribution in [2.45, 2.75) is 38.8 Å². The van der Waals surface area contributed by atoms with Crippen molar-refractivity contribution in [3.8, 4) is 0 Å². The molecule has 2 aromatic heterocycles. The highest BCUT2D eigenvalue weighted by atomic mass is 32.1. The van der Waals surface area contributed by atoms with Crippen molar-refractivity contribution in [1.29, 1.82) is 0 Å². The van der Waals surface area contributed by atoms with Gasteiger partial charge in [-0.15, -0.1) is 22.7 Å². The van der Waals surface area contributed by atoms with Gasteiger partial charge in [0, 0.05) is 23.8 Å². The first kappa shape index (κ1) is 31.3. The fourth-order valence-electron chi connectivity index (χ4n) is 4.50. The molecule has 42 heavy (non-hydrogen) atoms. The quantitative estimate of drug-likeness (QED) is 0.404. The van der Waals surface area contributed by atoms with Crippen LogP contribution in [0.5, 0.6) is 0 Å². The van der Waals surface area contributed by atoms with Crippen LogP contribution < -0.4 is 16.0 Å². The third-order valence-corrected chi connectivity index (χ3v) is 8.56. The lowest BCUT2D eigenvalue weighted by Crippen LogP contribution is -2.46. The Morgan fingerprint density at radius 2 is 1.67 bits per heavy atom. The number of likely N-dealkylation sites (N-methyl/N-ethyl adjacent to an activating group) is 1. The monoisotopic (exact) mass is 611 g/mol. The van der Waals surface area contributed by atoms with Crippen molar-refractivity contribution in [3.63, 3.8) is 0 Å². The molecule has 0 radical (unpaired) electrons. The Bertz CT molecular complexity index is 1390. The number of amides is 4. The molecule has 0 aliphatic carbocycles. The molecule has 4 amide bonds. The first-order valence-corrected chi connectivity index (χ1v) is 15.6. The predicted octanol–water partition coefficient (Wildman–Crippen LogP) is 2.65. The zero-order valence-electron chi connectivity index (χ0n) is 24.3. The molecular formula is C29H37N7O4S2. The van der Waals surface area contributed by atoms with Crippen LogP contribution in [0.4, 0.5) is 0 Å². The van der Waals surface area contributed by atoms with E-state index in [2.05, 4.69) is 25.9 Å². The van der Waals surface area contributed by atoms with Gasteiger partial charge in [0.1, 0.15) is 21.4 Å². The van der Waals surface area contributed by atoms with Gasteiger partial charge in [0.05, 0.1) is 25.2 Å². The third-order valence-electron chi connectivity index (χ3n) is 6.67. The summed E-state index contributed by atoms with van der Waals surface area (Å²) in [6.45, 7) is 4.56. The molecule has 224 valence electrons. The summed E-state index contributed by atoms with van der Waals surface area (Å²) in [6.07, 6.45) is 0.929. The van der Waals surface area contributed by atoms with Gasteiger partial charge in [-0.2, -0.15) is 0 Å². The SMILES string of the molecule is CC(C)[C@@H]1NC(=O)c2csc(n2)[C@H](Cc2ccccc2)NC(=O)CN(C(=O)CN(C)C)CCCNC(=O)c2csc1n2. The Labute approximate surface area is 253 Å². The van der Waals surface area contributed by atoms with Gasteiger partial charge in [0.25, 0.3) is 11.8 Å². The molecule has 2 atom stereocenters. The minimum absolute atomic E-state index is 0.0130. The van der Waals surface area contributed by atoms with Crippen LogP contribution >= 0.6 is 22.7 Å². The van der Waals surface area contributed by atoms with Crippen molar-refractivity contribution < 1.29 is 19.2 Å². The topological polar surface area (TPSA) is 137 Å². The molecule has 4 bridgehead atoms. The van der Waals surface area contributed by atoms with E-state index in [0.717, 1.165) is 5.56 Å². The molecule has 0 unspecified atom stereocenters. The molecule has 4 rings (SSSR count). The average Bonchev–Trinajstić information content (AvgIpc) is 3.63. The molecule has 0 saturated carbocycles. The van der Waals surface area contributed by atoms with E-state index in [1.165, 1.54) is 27.6 Å². The van der Waals surface area contributed by atoms with Gasteiger partial charge in [0.15, 0.2) is 0 Å². The Hall–Kier alpha value is -3.68. The summed E-state index contributed by atoms with van der Waals surface area (Å²) in [4.78, 5) is 64.8. The molecule has 11 nitrogen and oxygen atoms in total. The predicted molar refractivity (Wildman–Crippen MR) is 162 cm³/mol. The minimum Gasteiger partial charge on any atom is -0.351 e. The van der Waals surface area contributed by atoms with E-state index in [1.807, 2.05) is 44.2 Å². The van der Waals surface area contributed by atoms with E-state index in [-0.39, 0.29) is 54.0 Å². The van der Waals surface area contributed by atoms with Crippen molar-refractivity contribution in [2.75, 3.05) is 40.3 Å². The number of fused-ring (bicyclic) bond motifs is 4. The number of rotatable bonds is 5. The fraction of sp³-hybridized carbons (Fsp3) is 0.448. The van der Waals surface area contributed by atoms with Gasteiger partial charge in [-0.3, -0.25) is 19.2 Å². The second-order valence-electron chi connectivity index (χ2n) is 10.8. The van der Waals surface area contributed by atoms with E-state index in [9.17, 15) is 19.2 Å². The second-order valence-corrected chi connectivity index (χ2v) is 12.6. The summed E-state index contributed by atoms with van der Waals surface area (Å²) in [5.41, 5.74) is 1.51. The van der Waals surface area contributed by atoms with E-state index in [4.69, 9.17) is 0 Å². The van der Waals surface area contributed by atoms with E-state index < -0.39 is 12.1 Å². The molecule has 1 aromatic carbocycles. The van der Waals surface area contributed by atoms with Gasteiger partial charge < -0.3 is 25.8 Å². The Morgan fingerprint density at radius 3 is 2.36 bits per heavy atom. The highest BCUT2D eigenvalue weighted by molar-refractivity contribution is 7.10. The number of carbonyl (C=O) groups is 4. The molecule has 1 aliphatic rings. The molecule has 3 aromatic rings. The van der Waals surface area contributed by atoms with Gasteiger partial charge >= 0.3 is 0 Å². The van der Waals surface area contributed by atoms with Gasteiger partial charge in [-0.1, -0.05) is 44.2 Å². The summed E-state index contributed by atoms with van der Waals surface area (Å²) in [5.74, 6) is -1.20. The van der Waals surface area contributed by atoms with Gasteiger partial charge in [-0.05, 0) is 38.4 Å². The summed E-state index contributed by atoms with van der Waals surface area (Å²) in [6, 6.07) is 8.81. The van der Waals surface area contributed by atoms with Gasteiger partial charge in [-0.25, -0.2) is 9.97 Å². The zero-order valence-corrected chi connectivity index (χ0v) is 25.9. The molecule has 0 spiro atoms. The van der Waals surface area contributed by atoms with Gasteiger partial charge in [0.2, 0.25) is 11.8 Å². The maximum atomic E-state index is 13.3. The Kier molecular flexibility index (Phi) is 10.8. The lowest BCUT2D eigenvalue weighted by atomic mass is 10.0. The van der Waals surface area contributed by atoms with Crippen LogP contribution in [0.15, 0.2) is 41.1 Å². The lowest BCUT2D eigenvalue weighted by Gasteiger charge is -2.25. The Morgan fingerprint density at radius 1 is 1.00 bits per heavy atom. The molecule has 0 saturated heterocycles. The summed E-state index contributed by atoms with van der Waals surface area (Å²) in [7, 11) is 3.59. The van der Waals surface area contributed by atoms with Crippen molar-refractivity contribution in [2.24, 2.45) is 5.92 Å². The first-order valence-electron chi connectivity index (χ1n) is 13.9. The third kappa shape index (κ3) is 8.43. The van der Waals surface area contributed by atoms with Crippen LogP contribution in [0.25, 0.3) is 0 Å². The summed E-state index contributed by atoms with van der Waals surface area (Å²) < 4.78 is 0. The number of thiazole rings is 2. The smallest absolute Gasteiger partial charge is 0.271 e. The second kappa shape index (κ2) is 14.5. The first-order chi connectivity index (χ1) is 20.1. The molecule has 3 heterocycles. The maximum Gasteiger partial charge on any atom is 0.271 e. The van der Waals surface area contributed by atoms with E-state index >= 15 is 0 Å². The maximum absolute atomic E-state index is 13.3. The number of nitrogens with one attached hydrogen (secondary N) is 3. The number of hydrogen-bond donors (Lipinski definition) is 3. The molecule has 3 N–H and O–H groups in total. The van der Waals surface area contributed by atoms with Crippen LogP contribution in [0, 0.1) is 5.92 Å². The van der Waals surface area contributed by atoms with Crippen LogP contribution in [0.3, 0.4) is 0 Å². The van der Waals surface area contributed by atoms with Crippen molar-refractivity contribution in [1.82, 2.24) is 35.7 Å². The normalized spacial score (nSPS) is 19.0. The lowest BCUT2D eigenvalue weighted by molar-refractivity contribution is -0.136. The molecule has 1 aliphatic heterocycles. The number of hydrogen-bond acceptors (Lipinski definition) is 9. The molecular weight excluding hydrogens is 574 g/mol. The molecule has 13 heteroatoms. The number of aromatic nitrogens is 2. The Balaban J connectivity index is 1.66. The average molecular weight is 612 g/mol. The van der Waals surface area contributed by atoms with Crippen molar-refractivity contribution in [3.05, 3.63) is 68.1 Å². The van der Waals surface area contributed by atoms with Crippen LogP contribution in [-0.2, 0) is 16.0 Å². The fourth-order valence-corrected chi connectivity index (χ4v) is 6.37. The van der Waals surface area contributed by atoms with Crippen LogP contribution in [0.2, 0.25) is 0 Å². The number of carbonyl (C=O) groups excluding carboxylic acids is 4. The van der Waals surface area contributed by atoms with Crippen molar-refractivity contribution >= 4 is 46.3 Å². The summed E-state index contributed by atoms with van der Waals surface area (Å²) >= 11 is 2.62. The largest absolute Gasteiger partial charge is 0.351 e. The standard InChI is InChI=1S/C29H37N7O4S2/c1-18(2)25-29-33-21(16-42-29)26(39)30-11-8-12-36(24(38)15-35(3)4)14-23(37)31-20(13-19-9-6-5-7-10-19)28-32-22(17-41-28)27(40)34-25/h5-7,9-10,16-18,20,25H,8,11-15H2,1-4H3,(H,30,39)(H,31,37)(H,34,40)/t20-,25-/m0/s1. The van der Waals surface area contributed by atoms with Crippen LogP contribution in [0.1, 0.15) is 68.9 Å². The van der Waals surface area contributed by atoms with Crippen LogP contribution in [-0.4, -0.2) is 83.7 Å². The minimum atomic E-state index is -0.499. The van der Waals surface area contributed by atoms with E-state index in [0.29, 0.717) is 35.9 Å².